The lowest BCUT2D eigenvalue weighted by Gasteiger charge is -2.18. The number of nitrogens with two attached hydrogens (primary N) is 1. The second kappa shape index (κ2) is 7.04. The van der Waals surface area contributed by atoms with E-state index in [9.17, 15) is 4.79 Å². The summed E-state index contributed by atoms with van der Waals surface area (Å²) in [5.74, 6) is 0.321. The van der Waals surface area contributed by atoms with E-state index in [1.807, 2.05) is 30.3 Å². The molecule has 21 heavy (non-hydrogen) atoms. The zero-order valence-electron chi connectivity index (χ0n) is 12.5. The predicted octanol–water partition coefficient (Wildman–Crippen LogP) is 2.18. The second-order valence-electron chi connectivity index (χ2n) is 5.57. The summed E-state index contributed by atoms with van der Waals surface area (Å²) < 4.78 is 0. The van der Waals surface area contributed by atoms with Crippen molar-refractivity contribution in [1.82, 2.24) is 15.5 Å². The fourth-order valence-electron chi connectivity index (χ4n) is 2.24. The Morgan fingerprint density at radius 1 is 1.33 bits per heavy atom. The molecule has 0 aliphatic rings. The summed E-state index contributed by atoms with van der Waals surface area (Å²) >= 11 is 0. The summed E-state index contributed by atoms with van der Waals surface area (Å²) in [5.41, 5.74) is 7.89. The highest BCUT2D eigenvalue weighted by Gasteiger charge is 2.16. The van der Waals surface area contributed by atoms with Crippen LogP contribution in [0.5, 0.6) is 0 Å². The number of hydrogen-bond acceptors (Lipinski definition) is 3. The molecule has 5 heteroatoms. The maximum absolute atomic E-state index is 12.2. The average molecular weight is 286 g/mol. The van der Waals surface area contributed by atoms with Crippen molar-refractivity contribution < 1.29 is 4.79 Å². The molecule has 0 aliphatic heterocycles. The zero-order valence-corrected chi connectivity index (χ0v) is 12.5. The molecule has 0 saturated carbocycles. The lowest BCUT2D eigenvalue weighted by Crippen LogP contribution is -2.41. The van der Waals surface area contributed by atoms with Crippen LogP contribution < -0.4 is 11.1 Å². The van der Waals surface area contributed by atoms with E-state index in [0.717, 1.165) is 17.7 Å². The van der Waals surface area contributed by atoms with Gasteiger partial charge in [0.05, 0.1) is 5.69 Å². The molecule has 0 bridgehead atoms. The zero-order chi connectivity index (χ0) is 15.2. The second-order valence-corrected chi connectivity index (χ2v) is 5.57. The predicted molar refractivity (Wildman–Crippen MR) is 83.8 cm³/mol. The van der Waals surface area contributed by atoms with E-state index in [2.05, 4.69) is 29.4 Å². The molecule has 0 aliphatic carbocycles. The van der Waals surface area contributed by atoms with Gasteiger partial charge in [-0.15, -0.1) is 0 Å². The lowest BCUT2D eigenvalue weighted by molar-refractivity contribution is 0.0928. The van der Waals surface area contributed by atoms with Crippen LogP contribution in [0.4, 0.5) is 0 Å². The Morgan fingerprint density at radius 3 is 2.67 bits per heavy atom. The van der Waals surface area contributed by atoms with Crippen molar-refractivity contribution in [1.29, 1.82) is 0 Å². The SMILES string of the molecule is CC(C)CC(CN)NC(=O)c1cc(-c2ccccc2)n[nH]1. The molecule has 1 amide bonds. The Morgan fingerprint density at radius 2 is 2.05 bits per heavy atom. The van der Waals surface area contributed by atoms with Crippen molar-refractivity contribution in [2.45, 2.75) is 26.3 Å². The van der Waals surface area contributed by atoms with Crippen LogP contribution in [0, 0.1) is 5.92 Å². The van der Waals surface area contributed by atoms with Crippen molar-refractivity contribution in [2.75, 3.05) is 6.54 Å². The molecule has 4 N–H and O–H groups in total. The van der Waals surface area contributed by atoms with Crippen LogP contribution in [0.1, 0.15) is 30.8 Å². The van der Waals surface area contributed by atoms with E-state index in [1.165, 1.54) is 0 Å². The molecule has 1 heterocycles. The van der Waals surface area contributed by atoms with Crippen LogP contribution in [0.3, 0.4) is 0 Å². The third-order valence-corrected chi connectivity index (χ3v) is 3.27. The van der Waals surface area contributed by atoms with Crippen LogP contribution in [0.15, 0.2) is 36.4 Å². The van der Waals surface area contributed by atoms with E-state index in [1.54, 1.807) is 6.07 Å². The van der Waals surface area contributed by atoms with Gasteiger partial charge in [-0.05, 0) is 18.4 Å². The molecule has 0 fully saturated rings. The monoisotopic (exact) mass is 286 g/mol. The summed E-state index contributed by atoms with van der Waals surface area (Å²) in [6.45, 7) is 4.65. The maximum atomic E-state index is 12.2. The Bertz CT molecular complexity index is 577. The van der Waals surface area contributed by atoms with E-state index >= 15 is 0 Å². The van der Waals surface area contributed by atoms with Gasteiger partial charge in [0.2, 0.25) is 0 Å². The summed E-state index contributed by atoms with van der Waals surface area (Å²) in [5, 5.41) is 9.91. The number of nitrogens with one attached hydrogen (secondary N) is 2. The minimum atomic E-state index is -0.166. The van der Waals surface area contributed by atoms with Gasteiger partial charge < -0.3 is 11.1 Å². The van der Waals surface area contributed by atoms with Crippen LogP contribution >= 0.6 is 0 Å². The molecule has 2 rings (SSSR count). The molecular formula is C16H22N4O. The molecule has 0 saturated heterocycles. The van der Waals surface area contributed by atoms with Gasteiger partial charge in [-0.25, -0.2) is 0 Å². The Kier molecular flexibility index (Phi) is 5.11. The molecule has 1 aromatic heterocycles. The molecule has 112 valence electrons. The summed E-state index contributed by atoms with van der Waals surface area (Å²) in [6.07, 6.45) is 0.863. The first-order chi connectivity index (χ1) is 10.1. The Labute approximate surface area is 124 Å². The standard InChI is InChI=1S/C16H22N4O/c1-11(2)8-13(10-17)18-16(21)15-9-14(19-20-15)12-6-4-3-5-7-12/h3-7,9,11,13H,8,10,17H2,1-2H3,(H,18,21)(H,19,20). The maximum Gasteiger partial charge on any atom is 0.269 e. The van der Waals surface area contributed by atoms with E-state index in [-0.39, 0.29) is 11.9 Å². The van der Waals surface area contributed by atoms with Gasteiger partial charge >= 0.3 is 0 Å². The topological polar surface area (TPSA) is 83.8 Å². The van der Waals surface area contributed by atoms with Gasteiger partial charge in [-0.3, -0.25) is 9.89 Å². The van der Waals surface area contributed by atoms with Crippen molar-refractivity contribution in [3.63, 3.8) is 0 Å². The smallest absolute Gasteiger partial charge is 0.269 e. The van der Waals surface area contributed by atoms with Gasteiger partial charge in [0.1, 0.15) is 5.69 Å². The molecule has 1 aromatic carbocycles. The molecule has 1 atom stereocenters. The molecule has 0 radical (unpaired) electrons. The number of aromatic amines is 1. The molecule has 1 unspecified atom stereocenters. The highest BCUT2D eigenvalue weighted by molar-refractivity contribution is 5.93. The molecular weight excluding hydrogens is 264 g/mol. The number of benzene rings is 1. The third-order valence-electron chi connectivity index (χ3n) is 3.27. The van der Waals surface area contributed by atoms with Gasteiger partial charge in [0.15, 0.2) is 0 Å². The molecule has 2 aromatic rings. The summed E-state index contributed by atoms with van der Waals surface area (Å²) in [6, 6.07) is 11.5. The minimum Gasteiger partial charge on any atom is -0.347 e. The van der Waals surface area contributed by atoms with Crippen LogP contribution in [0.25, 0.3) is 11.3 Å². The number of nitrogens with zero attached hydrogens (tertiary/aromatic N) is 1. The number of H-pyrrole nitrogens is 1. The van der Waals surface area contributed by atoms with Crippen LogP contribution in [0.2, 0.25) is 0 Å². The average Bonchev–Trinajstić information content (AvgIpc) is 2.97. The highest BCUT2D eigenvalue weighted by Crippen LogP contribution is 2.17. The number of hydrogen-bond donors (Lipinski definition) is 3. The number of rotatable bonds is 6. The minimum absolute atomic E-state index is 0.0130. The van der Waals surface area contributed by atoms with Crippen molar-refractivity contribution in [3.8, 4) is 11.3 Å². The summed E-state index contributed by atoms with van der Waals surface area (Å²) in [4.78, 5) is 12.2. The Hall–Kier alpha value is -2.14. The quantitative estimate of drug-likeness (QED) is 0.761. The first-order valence-corrected chi connectivity index (χ1v) is 7.22. The van der Waals surface area contributed by atoms with Gasteiger partial charge in [0.25, 0.3) is 5.91 Å². The number of carbonyl (C=O) groups is 1. The molecule has 5 nitrogen and oxygen atoms in total. The Balaban J connectivity index is 2.05. The number of carbonyl (C=O) groups excluding carboxylic acids is 1. The van der Waals surface area contributed by atoms with Crippen LogP contribution in [-0.4, -0.2) is 28.7 Å². The van der Waals surface area contributed by atoms with E-state index in [4.69, 9.17) is 5.73 Å². The van der Waals surface area contributed by atoms with Crippen molar-refractivity contribution in [3.05, 3.63) is 42.1 Å². The summed E-state index contributed by atoms with van der Waals surface area (Å²) in [7, 11) is 0. The van der Waals surface area contributed by atoms with E-state index < -0.39 is 0 Å². The fourth-order valence-corrected chi connectivity index (χ4v) is 2.24. The van der Waals surface area contributed by atoms with E-state index in [0.29, 0.717) is 18.2 Å². The van der Waals surface area contributed by atoms with Gasteiger partial charge in [-0.1, -0.05) is 44.2 Å². The molecule has 0 spiro atoms. The third kappa shape index (κ3) is 4.16. The number of amides is 1. The van der Waals surface area contributed by atoms with Crippen molar-refractivity contribution in [2.24, 2.45) is 11.7 Å². The van der Waals surface area contributed by atoms with Crippen molar-refractivity contribution >= 4 is 5.91 Å². The van der Waals surface area contributed by atoms with Gasteiger partial charge in [0, 0.05) is 18.2 Å². The van der Waals surface area contributed by atoms with Gasteiger partial charge in [-0.2, -0.15) is 5.10 Å². The van der Waals surface area contributed by atoms with Crippen LogP contribution in [-0.2, 0) is 0 Å². The lowest BCUT2D eigenvalue weighted by atomic mass is 10.0. The highest BCUT2D eigenvalue weighted by atomic mass is 16.2. The largest absolute Gasteiger partial charge is 0.347 e. The fraction of sp³-hybridized carbons (Fsp3) is 0.375. The first kappa shape index (κ1) is 15.3. The number of aromatic nitrogens is 2. The normalized spacial score (nSPS) is 12.4. The first-order valence-electron chi connectivity index (χ1n) is 7.22.